The fraction of sp³-hybridized carbons (Fsp3) is 0.118. The maximum absolute atomic E-state index is 13.0. The van der Waals surface area contributed by atoms with Crippen LogP contribution in [0.15, 0.2) is 48.9 Å². The van der Waals surface area contributed by atoms with E-state index in [0.717, 1.165) is 17.9 Å². The number of amides is 2. The average molecular weight is 347 g/mol. The van der Waals surface area contributed by atoms with E-state index in [1.807, 2.05) is 5.32 Å². The van der Waals surface area contributed by atoms with Gasteiger partial charge in [0, 0.05) is 36.5 Å². The quantitative estimate of drug-likeness (QED) is 0.724. The fourth-order valence-corrected chi connectivity index (χ4v) is 2.58. The van der Waals surface area contributed by atoms with E-state index < -0.39 is 29.1 Å². The summed E-state index contributed by atoms with van der Waals surface area (Å²) in [5.41, 5.74) is -0.893. The number of alkyl halides is 3. The van der Waals surface area contributed by atoms with Crippen molar-refractivity contribution >= 4 is 22.7 Å². The number of aryl methyl sites for hydroxylation is 1. The number of aromatic nitrogens is 2. The number of nitrogens with one attached hydrogen (secondary N) is 1. The number of benzene rings is 1. The standard InChI is InChI=1S/C17H12F3N3O2/c1-23-9-12(10-4-2-3-5-14(10)23)16(25)22-15(24)11-8-21-7-6-13(11)17(18,19)20/h2-9H,1H3,(H,22,24,25). The van der Waals surface area contributed by atoms with Gasteiger partial charge in [0.05, 0.1) is 16.7 Å². The second kappa shape index (κ2) is 6.04. The number of carbonyl (C=O) groups excluding carboxylic acids is 2. The van der Waals surface area contributed by atoms with Gasteiger partial charge in [-0.3, -0.25) is 19.9 Å². The number of imide groups is 1. The molecule has 3 aromatic rings. The van der Waals surface area contributed by atoms with Crippen molar-refractivity contribution in [2.24, 2.45) is 7.05 Å². The number of para-hydroxylation sites is 1. The molecule has 0 unspecified atom stereocenters. The molecule has 0 aliphatic carbocycles. The number of carbonyl (C=O) groups is 2. The van der Waals surface area contributed by atoms with Crippen molar-refractivity contribution in [3.8, 4) is 0 Å². The summed E-state index contributed by atoms with van der Waals surface area (Å²) in [5.74, 6) is -1.93. The summed E-state index contributed by atoms with van der Waals surface area (Å²) >= 11 is 0. The van der Waals surface area contributed by atoms with Crippen LogP contribution in [0, 0.1) is 0 Å². The molecule has 0 atom stereocenters. The van der Waals surface area contributed by atoms with Gasteiger partial charge in [0.25, 0.3) is 11.8 Å². The van der Waals surface area contributed by atoms with E-state index in [0.29, 0.717) is 11.5 Å². The zero-order valence-corrected chi connectivity index (χ0v) is 13.0. The Kier molecular flexibility index (Phi) is 4.03. The number of hydrogen-bond donors (Lipinski definition) is 1. The molecule has 8 heteroatoms. The average Bonchev–Trinajstić information content (AvgIpc) is 2.91. The number of nitrogens with zero attached hydrogens (tertiary/aromatic N) is 2. The van der Waals surface area contributed by atoms with E-state index in [4.69, 9.17) is 0 Å². The lowest BCUT2D eigenvalue weighted by Crippen LogP contribution is -2.32. The predicted octanol–water partition coefficient (Wildman–Crippen LogP) is 3.16. The third kappa shape index (κ3) is 3.10. The lowest BCUT2D eigenvalue weighted by atomic mass is 10.1. The molecular weight excluding hydrogens is 335 g/mol. The van der Waals surface area contributed by atoms with Crippen LogP contribution in [0.25, 0.3) is 10.9 Å². The largest absolute Gasteiger partial charge is 0.417 e. The second-order valence-electron chi connectivity index (χ2n) is 5.37. The Balaban J connectivity index is 1.93. The summed E-state index contributed by atoms with van der Waals surface area (Å²) in [6.45, 7) is 0. The van der Waals surface area contributed by atoms with Crippen molar-refractivity contribution in [1.29, 1.82) is 0 Å². The molecule has 1 N–H and O–H groups in total. The van der Waals surface area contributed by atoms with Gasteiger partial charge in [-0.2, -0.15) is 13.2 Å². The molecule has 5 nitrogen and oxygen atoms in total. The molecule has 0 radical (unpaired) electrons. The fourth-order valence-electron chi connectivity index (χ4n) is 2.58. The number of hydrogen-bond acceptors (Lipinski definition) is 3. The number of rotatable bonds is 2. The predicted molar refractivity (Wildman–Crippen MR) is 84.0 cm³/mol. The molecule has 0 spiro atoms. The molecule has 128 valence electrons. The third-order valence-corrected chi connectivity index (χ3v) is 3.74. The summed E-state index contributed by atoms with van der Waals surface area (Å²) in [6.07, 6.45) is -1.49. The van der Waals surface area contributed by atoms with Crippen molar-refractivity contribution in [1.82, 2.24) is 14.9 Å². The minimum absolute atomic E-state index is 0.198. The van der Waals surface area contributed by atoms with E-state index in [1.54, 1.807) is 35.9 Å². The van der Waals surface area contributed by atoms with Crippen LogP contribution < -0.4 is 5.32 Å². The van der Waals surface area contributed by atoms with E-state index in [2.05, 4.69) is 4.98 Å². The van der Waals surface area contributed by atoms with Crippen LogP contribution >= 0.6 is 0 Å². The van der Waals surface area contributed by atoms with Crippen LogP contribution in [0.5, 0.6) is 0 Å². The molecule has 2 aromatic heterocycles. The van der Waals surface area contributed by atoms with Gasteiger partial charge in [0.1, 0.15) is 0 Å². The molecule has 25 heavy (non-hydrogen) atoms. The number of fused-ring (bicyclic) bond motifs is 1. The Hall–Kier alpha value is -3.16. The minimum Gasteiger partial charge on any atom is -0.350 e. The van der Waals surface area contributed by atoms with Crippen LogP contribution in [0.1, 0.15) is 26.3 Å². The smallest absolute Gasteiger partial charge is 0.350 e. The highest BCUT2D eigenvalue weighted by atomic mass is 19.4. The lowest BCUT2D eigenvalue weighted by molar-refractivity contribution is -0.138. The molecule has 0 saturated carbocycles. The maximum atomic E-state index is 13.0. The van der Waals surface area contributed by atoms with Crippen molar-refractivity contribution in [3.05, 3.63) is 65.6 Å². The van der Waals surface area contributed by atoms with Gasteiger partial charge in [-0.05, 0) is 12.1 Å². The van der Waals surface area contributed by atoms with Gasteiger partial charge in [-0.1, -0.05) is 18.2 Å². The van der Waals surface area contributed by atoms with Gasteiger partial charge in [-0.25, -0.2) is 0 Å². The summed E-state index contributed by atoms with van der Waals surface area (Å²) < 4.78 is 40.6. The van der Waals surface area contributed by atoms with Gasteiger partial charge in [0.2, 0.25) is 0 Å². The topological polar surface area (TPSA) is 64.0 Å². The normalized spacial score (nSPS) is 11.5. The molecular formula is C17H12F3N3O2. The van der Waals surface area contributed by atoms with Crippen molar-refractivity contribution in [3.63, 3.8) is 0 Å². The van der Waals surface area contributed by atoms with Gasteiger partial charge in [-0.15, -0.1) is 0 Å². The van der Waals surface area contributed by atoms with Crippen LogP contribution in [-0.2, 0) is 13.2 Å². The molecule has 3 rings (SSSR count). The Labute approximate surface area is 140 Å². The van der Waals surface area contributed by atoms with E-state index in [9.17, 15) is 22.8 Å². The molecule has 1 aromatic carbocycles. The Bertz CT molecular complexity index is 977. The van der Waals surface area contributed by atoms with Crippen LogP contribution in [-0.4, -0.2) is 21.4 Å². The Morgan fingerprint density at radius 1 is 1.08 bits per heavy atom. The van der Waals surface area contributed by atoms with Crippen LogP contribution in [0.2, 0.25) is 0 Å². The van der Waals surface area contributed by atoms with E-state index in [-0.39, 0.29) is 5.56 Å². The van der Waals surface area contributed by atoms with Crippen LogP contribution in [0.3, 0.4) is 0 Å². The maximum Gasteiger partial charge on any atom is 0.417 e. The monoisotopic (exact) mass is 347 g/mol. The highest BCUT2D eigenvalue weighted by Gasteiger charge is 2.35. The van der Waals surface area contributed by atoms with E-state index >= 15 is 0 Å². The Morgan fingerprint density at radius 2 is 1.76 bits per heavy atom. The zero-order valence-electron chi connectivity index (χ0n) is 13.0. The summed E-state index contributed by atoms with van der Waals surface area (Å²) in [7, 11) is 1.73. The van der Waals surface area contributed by atoms with Crippen molar-refractivity contribution in [2.75, 3.05) is 0 Å². The first kappa shape index (κ1) is 16.7. The first-order chi connectivity index (χ1) is 11.8. The highest BCUT2D eigenvalue weighted by molar-refractivity contribution is 6.15. The summed E-state index contributed by atoms with van der Waals surface area (Å²) in [4.78, 5) is 28.1. The van der Waals surface area contributed by atoms with Gasteiger partial charge >= 0.3 is 6.18 Å². The SMILES string of the molecule is Cn1cc(C(=O)NC(=O)c2cnccc2C(F)(F)F)c2ccccc21. The third-order valence-electron chi connectivity index (χ3n) is 3.74. The summed E-state index contributed by atoms with van der Waals surface area (Å²) in [6, 6.07) is 7.69. The molecule has 0 bridgehead atoms. The van der Waals surface area contributed by atoms with Crippen LogP contribution in [0.4, 0.5) is 13.2 Å². The van der Waals surface area contributed by atoms with Crippen molar-refractivity contribution < 1.29 is 22.8 Å². The number of pyridine rings is 1. The molecule has 2 amide bonds. The highest BCUT2D eigenvalue weighted by Crippen LogP contribution is 2.31. The number of halogens is 3. The van der Waals surface area contributed by atoms with Gasteiger partial charge in [0.15, 0.2) is 0 Å². The molecule has 0 aliphatic heterocycles. The molecule has 0 fully saturated rings. The minimum atomic E-state index is -4.72. The van der Waals surface area contributed by atoms with Gasteiger partial charge < -0.3 is 4.57 Å². The summed E-state index contributed by atoms with van der Waals surface area (Å²) in [5, 5.41) is 2.59. The molecule has 0 aliphatic rings. The first-order valence-electron chi connectivity index (χ1n) is 7.20. The van der Waals surface area contributed by atoms with Crippen molar-refractivity contribution in [2.45, 2.75) is 6.18 Å². The lowest BCUT2D eigenvalue weighted by Gasteiger charge is -2.11. The Morgan fingerprint density at radius 3 is 2.48 bits per heavy atom. The first-order valence-corrected chi connectivity index (χ1v) is 7.20. The molecule has 2 heterocycles. The zero-order chi connectivity index (χ0) is 18.2. The molecule has 0 saturated heterocycles. The van der Waals surface area contributed by atoms with E-state index in [1.165, 1.54) is 6.20 Å². The second-order valence-corrected chi connectivity index (χ2v) is 5.37.